The molecule has 0 aromatic rings. The second kappa shape index (κ2) is 17.0. The molecule has 0 aromatic carbocycles. The molecule has 46 heavy (non-hydrogen) atoms. The van der Waals surface area contributed by atoms with E-state index in [0.29, 0.717) is 13.0 Å². The minimum Gasteiger partial charge on any atom is -0.469 e. The Morgan fingerprint density at radius 1 is 0.848 bits per heavy atom. The van der Waals surface area contributed by atoms with Crippen molar-refractivity contribution in [1.82, 2.24) is 0 Å². The van der Waals surface area contributed by atoms with Crippen LogP contribution in [0.2, 0.25) is 54.4 Å². The van der Waals surface area contributed by atoms with E-state index >= 15 is 0 Å². The summed E-state index contributed by atoms with van der Waals surface area (Å²) in [6.45, 7) is 38.8. The largest absolute Gasteiger partial charge is 0.469 e. The van der Waals surface area contributed by atoms with E-state index in [1.807, 2.05) is 7.12 Å². The lowest BCUT2D eigenvalue weighted by Crippen LogP contribution is -2.55. The van der Waals surface area contributed by atoms with Crippen LogP contribution in [0.25, 0.3) is 0 Å². The third kappa shape index (κ3) is 12.3. The second-order valence-electron chi connectivity index (χ2n) is 17.8. The molecular weight excluding hydrogens is 651 g/mol. The number of hydrogen-bond acceptors (Lipinski definition) is 9. The van der Waals surface area contributed by atoms with Gasteiger partial charge < -0.3 is 31.7 Å². The molecule has 2 unspecified atom stereocenters. The number of methoxy groups -OCH3 is 1. The molecule has 1 saturated heterocycles. The smallest absolute Gasteiger partial charge is 0.308 e. The minimum absolute atomic E-state index is 0.00612. The van der Waals surface area contributed by atoms with E-state index in [0.717, 1.165) is 6.42 Å². The first-order valence-electron chi connectivity index (χ1n) is 17.2. The first-order chi connectivity index (χ1) is 20.6. The van der Waals surface area contributed by atoms with Crippen LogP contribution in [0, 0.1) is 5.92 Å². The lowest BCUT2D eigenvalue weighted by Gasteiger charge is -2.44. The van der Waals surface area contributed by atoms with Crippen LogP contribution in [0.1, 0.15) is 95.4 Å². The molecule has 1 heterocycles. The Bertz CT molecular complexity index is 949. The van der Waals surface area contributed by atoms with Gasteiger partial charge in [0, 0.05) is 6.42 Å². The van der Waals surface area contributed by atoms with Crippen molar-refractivity contribution in [3.8, 4) is 0 Å². The molecule has 13 heteroatoms. The van der Waals surface area contributed by atoms with E-state index in [4.69, 9.17) is 31.7 Å². The maximum Gasteiger partial charge on any atom is 0.308 e. The average Bonchev–Trinajstić information content (AvgIpc) is 3.18. The van der Waals surface area contributed by atoms with Gasteiger partial charge in [-0.25, -0.2) is 0 Å². The van der Waals surface area contributed by atoms with E-state index < -0.39 is 37.3 Å². The van der Waals surface area contributed by atoms with Crippen LogP contribution in [0.3, 0.4) is 0 Å². The molecule has 0 saturated carbocycles. The van der Waals surface area contributed by atoms with Gasteiger partial charge in [-0.15, -0.1) is 0 Å². The summed E-state index contributed by atoms with van der Waals surface area (Å²) >= 11 is 1.26. The van der Waals surface area contributed by atoms with E-state index in [1.165, 1.54) is 19.0 Å². The summed E-state index contributed by atoms with van der Waals surface area (Å²) in [6.07, 6.45) is -0.823. The highest BCUT2D eigenvalue weighted by atomic mass is 32.2. The van der Waals surface area contributed by atoms with E-state index in [1.54, 1.807) is 0 Å². The van der Waals surface area contributed by atoms with Crippen LogP contribution in [0.15, 0.2) is 0 Å². The van der Waals surface area contributed by atoms with Crippen LogP contribution >= 0.6 is 11.9 Å². The van der Waals surface area contributed by atoms with Crippen molar-refractivity contribution in [3.05, 3.63) is 0 Å². The topological polar surface area (TPSA) is 81.7 Å². The number of carbonyl (C=O) groups excluding carboxylic acids is 1. The monoisotopic (exact) mass is 722 g/mol. The Balaban J connectivity index is 3.70. The number of esters is 1. The highest BCUT2D eigenvalue weighted by Gasteiger charge is 2.55. The predicted octanol–water partition coefficient (Wildman–Crippen LogP) is 8.48. The number of hydrogen-bond donors (Lipinski definition) is 0. The Hall–Kier alpha value is 0.296. The third-order valence-electron chi connectivity index (χ3n) is 11.1. The molecular formula is C33H71BO8SSi3. The fourth-order valence-electron chi connectivity index (χ4n) is 4.42. The van der Waals surface area contributed by atoms with Crippen molar-refractivity contribution in [2.24, 2.45) is 5.92 Å². The van der Waals surface area contributed by atoms with Crippen LogP contribution in [0.4, 0.5) is 0 Å². The van der Waals surface area contributed by atoms with Crippen molar-refractivity contribution < 1.29 is 36.5 Å². The summed E-state index contributed by atoms with van der Waals surface area (Å²) in [5.41, 5.74) is 0. The number of ether oxygens (including phenoxy) is 3. The van der Waals surface area contributed by atoms with Crippen LogP contribution in [-0.4, -0.2) is 88.6 Å². The second-order valence-corrected chi connectivity index (χ2v) is 32.6. The molecule has 0 N–H and O–H groups in total. The van der Waals surface area contributed by atoms with Gasteiger partial charge in [0.2, 0.25) is 7.12 Å². The van der Waals surface area contributed by atoms with E-state index in [-0.39, 0.29) is 57.8 Å². The Morgan fingerprint density at radius 3 is 1.74 bits per heavy atom. The predicted molar refractivity (Wildman–Crippen MR) is 203 cm³/mol. The van der Waals surface area contributed by atoms with E-state index in [9.17, 15) is 4.79 Å². The fraction of sp³-hybridized carbons (Fsp3) is 0.970. The van der Waals surface area contributed by atoms with Gasteiger partial charge in [-0.1, -0.05) is 94.5 Å². The fourth-order valence-corrected chi connectivity index (χ4v) is 8.45. The molecule has 0 amide bonds. The van der Waals surface area contributed by atoms with Gasteiger partial charge in [-0.3, -0.25) is 4.79 Å². The molecule has 0 spiro atoms. The van der Waals surface area contributed by atoms with Crippen molar-refractivity contribution in [1.29, 1.82) is 0 Å². The first kappa shape index (κ1) is 44.3. The molecule has 0 bridgehead atoms. The summed E-state index contributed by atoms with van der Waals surface area (Å²) in [4.78, 5) is 12.3. The maximum atomic E-state index is 12.3. The maximum absolute atomic E-state index is 12.3. The molecule has 1 fully saturated rings. The molecule has 0 radical (unpaired) electrons. The number of rotatable bonds is 17. The molecule has 1 aliphatic rings. The normalized spacial score (nSPS) is 24.1. The lowest BCUT2D eigenvalue weighted by molar-refractivity contribution is -0.204. The molecule has 272 valence electrons. The minimum atomic E-state index is -2.30. The van der Waals surface area contributed by atoms with Gasteiger partial charge in [0.25, 0.3) is 0 Å². The highest BCUT2D eigenvalue weighted by Crippen LogP contribution is 2.45. The first-order valence-corrected chi connectivity index (χ1v) is 27.1. The van der Waals surface area contributed by atoms with Crippen molar-refractivity contribution in [2.75, 3.05) is 13.7 Å². The van der Waals surface area contributed by atoms with E-state index in [2.05, 4.69) is 115 Å². The summed E-state index contributed by atoms with van der Waals surface area (Å²) in [7, 11) is -3.37. The Kier molecular flexibility index (Phi) is 16.4. The van der Waals surface area contributed by atoms with Gasteiger partial charge in [-0.05, 0) is 60.3 Å². The van der Waals surface area contributed by atoms with Gasteiger partial charge in [-0.2, -0.15) is 0 Å². The molecule has 7 atom stereocenters. The Labute approximate surface area is 291 Å². The van der Waals surface area contributed by atoms with Crippen LogP contribution < -0.4 is 0 Å². The molecule has 0 aromatic heterocycles. The SMILES string of the molecule is BSO[C@H](CC(=O)OC)C[C@H](O[C@@H]1O[C@@H](CO[Si](C)(C)C(C)(C)C)C(O[Si](C)(C)C(C)(C)C)C1O[Si](C)(C)C(C)(C)C)[C@@H](C)CC. The molecule has 0 aliphatic carbocycles. The van der Waals surface area contributed by atoms with Crippen LogP contribution in [-0.2, 0) is 36.5 Å². The molecule has 8 nitrogen and oxygen atoms in total. The van der Waals surface area contributed by atoms with Gasteiger partial charge >= 0.3 is 5.97 Å². The summed E-state index contributed by atoms with van der Waals surface area (Å²) < 4.78 is 46.2. The number of carbonyl (C=O) groups is 1. The molecule has 1 aliphatic heterocycles. The zero-order chi connectivity index (χ0) is 36.1. The Morgan fingerprint density at radius 2 is 1.33 bits per heavy atom. The summed E-state index contributed by atoms with van der Waals surface area (Å²) in [5, 5.41) is 0.0263. The highest BCUT2D eigenvalue weighted by molar-refractivity contribution is 8.15. The van der Waals surface area contributed by atoms with Crippen molar-refractivity contribution in [3.63, 3.8) is 0 Å². The van der Waals surface area contributed by atoms with Crippen LogP contribution in [0.5, 0.6) is 0 Å². The standard InChI is InChI=1S/C33H71BO8SSi3/c1-19-23(2)25(20-24(40-43-34)21-27(35)36-12)38-30-29(42-46(17,18)33(9,10)11)28(41-45(15,16)32(6,7)8)26(39-30)22-37-44(13,14)31(3,4)5/h23-26,28-30H,19-22,34H2,1-18H3/t23-,24-,25-,26-,28?,29?,30+/m0/s1. The molecule has 1 rings (SSSR count). The summed E-state index contributed by atoms with van der Waals surface area (Å²) in [6, 6.07) is 0. The van der Waals surface area contributed by atoms with Crippen molar-refractivity contribution >= 4 is 49.9 Å². The van der Waals surface area contributed by atoms with Gasteiger partial charge in [0.15, 0.2) is 31.2 Å². The lowest BCUT2D eigenvalue weighted by atomic mass is 9.95. The average molecular weight is 723 g/mol. The van der Waals surface area contributed by atoms with Gasteiger partial charge in [0.05, 0.1) is 32.3 Å². The quantitative estimate of drug-likeness (QED) is 0.0835. The summed E-state index contributed by atoms with van der Waals surface area (Å²) in [5.74, 6) is -0.117. The zero-order valence-electron chi connectivity index (χ0n) is 33.0. The van der Waals surface area contributed by atoms with Gasteiger partial charge in [0.1, 0.15) is 18.3 Å². The zero-order valence-corrected chi connectivity index (χ0v) is 36.9. The third-order valence-corrected chi connectivity index (χ3v) is 25.0. The van der Waals surface area contributed by atoms with Crippen molar-refractivity contribution in [2.45, 2.75) is 187 Å².